The molecule has 0 aliphatic carbocycles. The number of rotatable bonds is 4. The minimum atomic E-state index is -0.516. The summed E-state index contributed by atoms with van der Waals surface area (Å²) in [6.07, 6.45) is 3.03. The predicted molar refractivity (Wildman–Crippen MR) is 84.6 cm³/mol. The van der Waals surface area contributed by atoms with Gasteiger partial charge in [-0.3, -0.25) is 0 Å². The van der Waals surface area contributed by atoms with Crippen molar-refractivity contribution in [2.45, 2.75) is 44.3 Å². The van der Waals surface area contributed by atoms with Crippen LogP contribution in [0.5, 0.6) is 0 Å². The number of hydrogen-bond donors (Lipinski definition) is 2. The molecule has 0 saturated carbocycles. The number of aliphatic hydroxyl groups excluding tert-OH is 1. The summed E-state index contributed by atoms with van der Waals surface area (Å²) in [6, 6.07) is 7.85. The summed E-state index contributed by atoms with van der Waals surface area (Å²) in [4.78, 5) is 2.35. The van der Waals surface area contributed by atoms with Gasteiger partial charge in [0, 0.05) is 17.6 Å². The molecular weight excluding hydrogens is 318 g/mol. The highest BCUT2D eigenvalue weighted by Crippen LogP contribution is 2.24. The number of aliphatic hydroxyl groups is 2. The molecule has 112 valence electrons. The molecule has 1 aromatic carbocycles. The first kappa shape index (κ1) is 16.0. The summed E-state index contributed by atoms with van der Waals surface area (Å²) in [5.41, 5.74) is 0.443. The van der Waals surface area contributed by atoms with Crippen LogP contribution in [0.2, 0.25) is 0 Å². The molecule has 4 heteroatoms. The fourth-order valence-corrected chi connectivity index (χ4v) is 3.15. The van der Waals surface area contributed by atoms with Gasteiger partial charge in [0.1, 0.15) is 0 Å². The Hall–Kier alpha value is -0.420. The Morgan fingerprint density at radius 1 is 1.35 bits per heavy atom. The van der Waals surface area contributed by atoms with Crippen molar-refractivity contribution >= 4 is 15.9 Å². The third kappa shape index (κ3) is 4.85. The van der Waals surface area contributed by atoms with Gasteiger partial charge in [0.2, 0.25) is 0 Å². The van der Waals surface area contributed by atoms with E-state index in [4.69, 9.17) is 0 Å². The minimum Gasteiger partial charge on any atom is -0.390 e. The van der Waals surface area contributed by atoms with Crippen LogP contribution >= 0.6 is 15.9 Å². The molecule has 1 aliphatic rings. The van der Waals surface area contributed by atoms with Crippen LogP contribution in [0, 0.1) is 0 Å². The van der Waals surface area contributed by atoms with E-state index in [1.54, 1.807) is 0 Å². The Morgan fingerprint density at radius 2 is 2.15 bits per heavy atom. The molecule has 2 unspecified atom stereocenters. The quantitative estimate of drug-likeness (QED) is 0.884. The van der Waals surface area contributed by atoms with Gasteiger partial charge in [-0.2, -0.15) is 0 Å². The van der Waals surface area contributed by atoms with Crippen molar-refractivity contribution < 1.29 is 10.2 Å². The molecule has 1 saturated heterocycles. The number of likely N-dealkylation sites (tertiary alicyclic amines) is 1. The first-order valence-corrected chi connectivity index (χ1v) is 8.14. The monoisotopic (exact) mass is 341 g/mol. The lowest BCUT2D eigenvalue weighted by atomic mass is 9.98. The second kappa shape index (κ2) is 7.03. The van der Waals surface area contributed by atoms with Crippen LogP contribution in [-0.4, -0.2) is 40.3 Å². The molecule has 2 rings (SSSR count). The van der Waals surface area contributed by atoms with Gasteiger partial charge in [-0.15, -0.1) is 0 Å². The summed E-state index contributed by atoms with van der Waals surface area (Å²) in [7, 11) is 0. The third-order valence-electron chi connectivity index (χ3n) is 4.11. The van der Waals surface area contributed by atoms with E-state index in [1.807, 2.05) is 31.2 Å². The molecule has 0 spiro atoms. The van der Waals surface area contributed by atoms with Gasteiger partial charge in [0.25, 0.3) is 0 Å². The van der Waals surface area contributed by atoms with E-state index in [1.165, 1.54) is 0 Å². The summed E-state index contributed by atoms with van der Waals surface area (Å²) in [5.74, 6) is 0. The highest BCUT2D eigenvalue weighted by atomic mass is 79.9. The number of hydrogen-bond acceptors (Lipinski definition) is 3. The van der Waals surface area contributed by atoms with Gasteiger partial charge >= 0.3 is 0 Å². The van der Waals surface area contributed by atoms with Crippen LogP contribution in [0.1, 0.15) is 44.3 Å². The lowest BCUT2D eigenvalue weighted by Gasteiger charge is -2.23. The Bertz CT molecular complexity index is 436. The maximum absolute atomic E-state index is 10.3. The fraction of sp³-hybridized carbons (Fsp3) is 0.625. The minimum absolute atomic E-state index is 0.420. The molecule has 1 fully saturated rings. The molecule has 0 bridgehead atoms. The van der Waals surface area contributed by atoms with Crippen molar-refractivity contribution in [3.63, 3.8) is 0 Å². The van der Waals surface area contributed by atoms with Gasteiger partial charge in [-0.1, -0.05) is 28.1 Å². The summed E-state index contributed by atoms with van der Waals surface area (Å²) >= 11 is 3.43. The van der Waals surface area contributed by atoms with Crippen molar-refractivity contribution in [3.8, 4) is 0 Å². The average Bonchev–Trinajstić information content (AvgIpc) is 2.57. The lowest BCUT2D eigenvalue weighted by molar-refractivity contribution is 0.0441. The third-order valence-corrected chi connectivity index (χ3v) is 4.60. The summed E-state index contributed by atoms with van der Waals surface area (Å²) < 4.78 is 1.000. The fourth-order valence-electron chi connectivity index (χ4n) is 2.73. The van der Waals surface area contributed by atoms with E-state index < -0.39 is 11.7 Å². The Labute approximate surface area is 129 Å². The molecule has 1 aromatic rings. The molecule has 2 atom stereocenters. The van der Waals surface area contributed by atoms with Crippen molar-refractivity contribution in [1.82, 2.24) is 4.90 Å². The van der Waals surface area contributed by atoms with Crippen LogP contribution < -0.4 is 0 Å². The van der Waals surface area contributed by atoms with Crippen LogP contribution in [0.15, 0.2) is 28.7 Å². The normalized spacial score (nSPS) is 26.2. The predicted octanol–water partition coefficient (Wildman–Crippen LogP) is 3.11. The SMILES string of the molecule is CC1(O)CCCN(CCC(O)c2cccc(Br)c2)CC1. The Balaban J connectivity index is 1.83. The highest BCUT2D eigenvalue weighted by molar-refractivity contribution is 9.10. The van der Waals surface area contributed by atoms with Gasteiger partial charge in [0.05, 0.1) is 11.7 Å². The molecule has 1 heterocycles. The standard InChI is InChI=1S/C16H24BrNO2/c1-16(20)7-3-9-18(11-8-16)10-6-15(19)13-4-2-5-14(17)12-13/h2,4-5,12,15,19-20H,3,6-11H2,1H3. The maximum Gasteiger partial charge on any atom is 0.0802 e. The second-order valence-corrected chi connectivity index (χ2v) is 6.97. The van der Waals surface area contributed by atoms with Crippen molar-refractivity contribution in [3.05, 3.63) is 34.3 Å². The van der Waals surface area contributed by atoms with Crippen molar-refractivity contribution in [2.24, 2.45) is 0 Å². The van der Waals surface area contributed by atoms with E-state index in [-0.39, 0.29) is 0 Å². The van der Waals surface area contributed by atoms with Gasteiger partial charge in [-0.25, -0.2) is 0 Å². The zero-order valence-electron chi connectivity index (χ0n) is 12.1. The van der Waals surface area contributed by atoms with E-state index in [2.05, 4.69) is 20.8 Å². The van der Waals surface area contributed by atoms with E-state index in [0.717, 1.165) is 55.4 Å². The molecule has 20 heavy (non-hydrogen) atoms. The van der Waals surface area contributed by atoms with E-state index in [9.17, 15) is 10.2 Å². The summed E-state index contributed by atoms with van der Waals surface area (Å²) in [6.45, 7) is 4.73. The van der Waals surface area contributed by atoms with E-state index in [0.29, 0.717) is 0 Å². The van der Waals surface area contributed by atoms with Crippen LogP contribution in [0.4, 0.5) is 0 Å². The molecule has 3 nitrogen and oxygen atoms in total. The molecule has 2 N–H and O–H groups in total. The molecule has 0 aromatic heterocycles. The largest absolute Gasteiger partial charge is 0.390 e. The Morgan fingerprint density at radius 3 is 2.90 bits per heavy atom. The highest BCUT2D eigenvalue weighted by Gasteiger charge is 2.25. The zero-order chi connectivity index (χ0) is 14.6. The maximum atomic E-state index is 10.3. The summed E-state index contributed by atoms with van der Waals surface area (Å²) in [5, 5.41) is 20.3. The smallest absolute Gasteiger partial charge is 0.0802 e. The first-order chi connectivity index (χ1) is 9.46. The van der Waals surface area contributed by atoms with Crippen LogP contribution in [-0.2, 0) is 0 Å². The van der Waals surface area contributed by atoms with Gasteiger partial charge in [-0.05, 0) is 56.8 Å². The molecule has 1 aliphatic heterocycles. The topological polar surface area (TPSA) is 43.7 Å². The average molecular weight is 342 g/mol. The van der Waals surface area contributed by atoms with Crippen LogP contribution in [0.25, 0.3) is 0 Å². The number of halogens is 1. The van der Waals surface area contributed by atoms with Crippen molar-refractivity contribution in [2.75, 3.05) is 19.6 Å². The lowest BCUT2D eigenvalue weighted by Crippen LogP contribution is -2.29. The first-order valence-electron chi connectivity index (χ1n) is 7.34. The second-order valence-electron chi connectivity index (χ2n) is 6.05. The molecule has 0 radical (unpaired) electrons. The number of benzene rings is 1. The zero-order valence-corrected chi connectivity index (χ0v) is 13.6. The molecule has 0 amide bonds. The molecular formula is C16H24BrNO2. The Kier molecular flexibility index (Phi) is 5.61. The van der Waals surface area contributed by atoms with Gasteiger partial charge in [0.15, 0.2) is 0 Å². The van der Waals surface area contributed by atoms with Gasteiger partial charge < -0.3 is 15.1 Å². The number of nitrogens with zero attached hydrogens (tertiary/aromatic N) is 1. The van der Waals surface area contributed by atoms with Crippen molar-refractivity contribution in [1.29, 1.82) is 0 Å². The van der Waals surface area contributed by atoms with E-state index >= 15 is 0 Å². The van der Waals surface area contributed by atoms with Crippen LogP contribution in [0.3, 0.4) is 0 Å².